The number of anilines is 1. The Labute approximate surface area is 470 Å². The molecule has 0 aliphatic carbocycles. The zero-order valence-corrected chi connectivity index (χ0v) is 45.6. The van der Waals surface area contributed by atoms with Crippen LogP contribution in [0, 0.1) is 5.92 Å². The summed E-state index contributed by atoms with van der Waals surface area (Å²) in [6, 6.07) is 41.3. The van der Waals surface area contributed by atoms with E-state index in [0.29, 0.717) is 82.2 Å². The van der Waals surface area contributed by atoms with Crippen LogP contribution in [-0.4, -0.2) is 103 Å². The molecule has 23 heteroatoms. The van der Waals surface area contributed by atoms with E-state index in [1.165, 1.54) is 9.80 Å². The van der Waals surface area contributed by atoms with Crippen molar-refractivity contribution in [2.75, 3.05) is 38.8 Å². The van der Waals surface area contributed by atoms with Crippen LogP contribution >= 0.6 is 0 Å². The molecule has 422 valence electrons. The number of benzene rings is 6. The number of hydrogen-bond acceptors (Lipinski definition) is 13. The maximum atomic E-state index is 12.7. The largest absolute Gasteiger partial charge is 0.481 e. The molecule has 0 spiro atoms. The highest BCUT2D eigenvalue weighted by molar-refractivity contribution is 7.95. The highest BCUT2D eigenvalue weighted by Crippen LogP contribution is 2.27. The van der Waals surface area contributed by atoms with Gasteiger partial charge in [-0.25, -0.2) is 19.6 Å². The van der Waals surface area contributed by atoms with Crippen molar-refractivity contribution < 1.29 is 52.9 Å². The number of ketones is 1. The summed E-state index contributed by atoms with van der Waals surface area (Å²) in [7, 11) is 3.16. The first-order chi connectivity index (χ1) is 38.6. The number of nitrogens with zero attached hydrogens (tertiary/aromatic N) is 4. The van der Waals surface area contributed by atoms with E-state index in [9.17, 15) is 33.6 Å². The van der Waals surface area contributed by atoms with Crippen LogP contribution in [0.4, 0.5) is 17.1 Å². The van der Waals surface area contributed by atoms with Crippen LogP contribution in [0.1, 0.15) is 67.0 Å². The lowest BCUT2D eigenvalue weighted by Crippen LogP contribution is -2.27. The first kappa shape index (κ1) is 61.8. The Hall–Kier alpha value is -10.0. The number of ether oxygens (including phenoxy) is 3. The van der Waals surface area contributed by atoms with Crippen LogP contribution in [0.2, 0.25) is 0 Å². The van der Waals surface area contributed by atoms with E-state index in [1.54, 1.807) is 117 Å². The van der Waals surface area contributed by atoms with Gasteiger partial charge in [0, 0.05) is 60.7 Å². The van der Waals surface area contributed by atoms with E-state index in [0.717, 1.165) is 11.3 Å². The first-order valence-electron chi connectivity index (χ1n) is 24.9. The first-order valence-corrected chi connectivity index (χ1v) is 26.7. The molecule has 1 aliphatic heterocycles. The lowest BCUT2D eigenvalue weighted by molar-refractivity contribution is -0.150. The second-order valence-corrected chi connectivity index (χ2v) is 20.2. The minimum atomic E-state index is -0.921. The number of carbonyl (C=O) groups excluding carboxylic acids is 6. The Kier molecular flexibility index (Phi) is 23.5. The van der Waals surface area contributed by atoms with Crippen molar-refractivity contribution in [1.82, 2.24) is 4.90 Å². The molecule has 1 heterocycles. The molecule has 0 saturated carbocycles. The average Bonchev–Trinajstić information content (AvgIpc) is 3.49. The number of Topliss-reactive ketones (excluding diaryl/α,β-unsaturated/α-hetero) is 1. The van der Waals surface area contributed by atoms with Crippen molar-refractivity contribution in [3.63, 3.8) is 0 Å². The van der Waals surface area contributed by atoms with E-state index < -0.39 is 23.9 Å². The fourth-order valence-corrected chi connectivity index (χ4v) is 8.89. The smallest absolute Gasteiger partial charge is 0.343 e. The lowest BCUT2D eigenvalue weighted by atomic mass is 9.96. The summed E-state index contributed by atoms with van der Waals surface area (Å²) in [4.78, 5) is 97.7. The van der Waals surface area contributed by atoms with E-state index in [1.807, 2.05) is 30.3 Å². The summed E-state index contributed by atoms with van der Waals surface area (Å²) in [6.07, 6.45) is 3.44. The lowest BCUT2D eigenvalue weighted by Gasteiger charge is -2.14. The Morgan fingerprint density at radius 3 is 1.65 bits per heavy atom. The van der Waals surface area contributed by atoms with Gasteiger partial charge in [-0.1, -0.05) is 42.5 Å². The maximum absolute atomic E-state index is 12.7. The summed E-state index contributed by atoms with van der Waals surface area (Å²) in [5.74, 6) is -1.81. The predicted octanol–water partition coefficient (Wildman–Crippen LogP) is 5.11. The highest BCUT2D eigenvalue weighted by atomic mass is 32.2. The summed E-state index contributed by atoms with van der Waals surface area (Å²) in [5.41, 5.74) is 37.2. The molecular formula is C58H64N11O11S+. The molecular weight excluding hydrogens is 1060 g/mol. The van der Waals surface area contributed by atoms with Gasteiger partial charge in [-0.2, -0.15) is 0 Å². The number of fused-ring (bicyclic) bond motifs is 2. The van der Waals surface area contributed by atoms with Crippen molar-refractivity contribution in [3.05, 3.63) is 179 Å². The second-order valence-electron chi connectivity index (χ2n) is 18.2. The van der Waals surface area contributed by atoms with Gasteiger partial charge in [0.1, 0.15) is 23.5 Å². The van der Waals surface area contributed by atoms with Crippen LogP contribution in [0.5, 0.6) is 11.5 Å². The van der Waals surface area contributed by atoms with E-state index in [2.05, 4.69) is 38.7 Å². The number of rotatable bonds is 18. The Bertz CT molecular complexity index is 3240. The normalized spacial score (nSPS) is 12.7. The second kappa shape index (κ2) is 30.8. The van der Waals surface area contributed by atoms with Gasteiger partial charge in [-0.3, -0.25) is 29.0 Å². The number of guanidine groups is 3. The Morgan fingerprint density at radius 1 is 0.654 bits per heavy atom. The summed E-state index contributed by atoms with van der Waals surface area (Å²) >= 11 is 0. The van der Waals surface area contributed by atoms with E-state index >= 15 is 0 Å². The molecule has 1 unspecified atom stereocenters. The van der Waals surface area contributed by atoms with E-state index in [-0.39, 0.29) is 71.7 Å². The number of likely N-dealkylation sites (N-methyl/N-ethyl adjacent to an activating group) is 1. The molecule has 7 rings (SSSR count). The topological polar surface area (TPSA) is 376 Å². The average molecular weight is 1120 g/mol. The van der Waals surface area contributed by atoms with Crippen LogP contribution in [0.15, 0.2) is 165 Å². The van der Waals surface area contributed by atoms with Crippen molar-refractivity contribution in [2.45, 2.75) is 42.8 Å². The predicted molar refractivity (Wildman–Crippen MR) is 310 cm³/mol. The van der Waals surface area contributed by atoms with Gasteiger partial charge in [0.15, 0.2) is 35.2 Å². The number of nitrogens with two attached hydrogens (primary N) is 6. The van der Waals surface area contributed by atoms with Crippen LogP contribution in [0.3, 0.4) is 0 Å². The standard InChI is InChI=1S/C22H26N4O2S.C20H22N4O5.C16H15N3O4/c1-29(19-5-3-2-4-6-19)14-15-11-17-13-18(12-15)26-21(28)16(7-8-20(17)27)9-10-25-22(23)24;1-24(2)17(25)12-28-18(26)11-13-3-9-16(10-4-13)29-19(27)14-5-7-15(8-6-14)23-20(21)22;17-16(18)19-12-5-3-11(4-6-12)15(22)23-13-7-1-10(2-8-13)9-14(20)21/h2-6,11-13,16H,7-10,14H2,1H3,(H4-,23,24,25,26,28);3-10H,11-12H2,1-2H3,(H4,21,22,23);1-8H,9H2,(H,20,21)(H4,17,18,19)/p+1/t16-,29?;;/m0../s1. The molecule has 0 aromatic heterocycles. The van der Waals surface area contributed by atoms with Crippen molar-refractivity contribution in [3.8, 4) is 11.5 Å². The summed E-state index contributed by atoms with van der Waals surface area (Å²) in [5, 5.41) is 11.7. The maximum Gasteiger partial charge on any atom is 0.343 e. The quantitative estimate of drug-likeness (QED) is 0.0182. The molecule has 2 atom stereocenters. The number of nitrogens with one attached hydrogen (secondary N) is 1. The van der Waals surface area contributed by atoms with E-state index in [4.69, 9.17) is 53.7 Å². The van der Waals surface area contributed by atoms with Crippen LogP contribution in [0.25, 0.3) is 0 Å². The van der Waals surface area contributed by atoms with Crippen LogP contribution in [-0.2, 0) is 53.4 Å². The monoisotopic (exact) mass is 1120 g/mol. The number of aliphatic carboxylic acids is 1. The number of hydrogen-bond donors (Lipinski definition) is 8. The minimum absolute atomic E-state index is 0.00118. The highest BCUT2D eigenvalue weighted by Gasteiger charge is 2.25. The number of carboxylic acid groups (broad SMARTS) is 1. The fourth-order valence-electron chi connectivity index (χ4n) is 7.43. The molecule has 1 aliphatic rings. The van der Waals surface area contributed by atoms with Gasteiger partial charge in [0.05, 0.1) is 35.3 Å². The Balaban J connectivity index is 0.000000225. The molecule has 81 heavy (non-hydrogen) atoms. The zero-order valence-electron chi connectivity index (χ0n) is 44.8. The third-order valence-corrected chi connectivity index (χ3v) is 13.4. The number of esters is 3. The molecule has 0 fully saturated rings. The van der Waals surface area contributed by atoms with Crippen molar-refractivity contribution in [1.29, 1.82) is 0 Å². The van der Waals surface area contributed by atoms with Gasteiger partial charge in [0.25, 0.3) is 5.91 Å². The number of amides is 2. The molecule has 6 aromatic carbocycles. The number of aliphatic imine (C=N–C) groups is 3. The molecule has 2 bridgehead atoms. The van der Waals surface area contributed by atoms with Gasteiger partial charge >= 0.3 is 23.9 Å². The third-order valence-electron chi connectivity index (χ3n) is 11.5. The number of carboxylic acids is 1. The minimum Gasteiger partial charge on any atom is -0.481 e. The molecule has 22 nitrogen and oxygen atoms in total. The molecule has 2 amide bonds. The zero-order chi connectivity index (χ0) is 59.0. The van der Waals surface area contributed by atoms with Crippen LogP contribution < -0.4 is 49.2 Å². The van der Waals surface area contributed by atoms with Crippen molar-refractivity contribution >= 4 is 87.3 Å². The number of carbonyl (C=O) groups is 7. The van der Waals surface area contributed by atoms with Gasteiger partial charge < -0.3 is 63.9 Å². The molecule has 0 saturated heterocycles. The Morgan fingerprint density at radius 2 is 1.17 bits per heavy atom. The van der Waals surface area contributed by atoms with Gasteiger partial charge in [-0.15, -0.1) is 0 Å². The molecule has 6 aromatic rings. The molecule has 0 radical (unpaired) electrons. The van der Waals surface area contributed by atoms with Crippen molar-refractivity contribution in [2.24, 2.45) is 55.3 Å². The fraction of sp³-hybridized carbons (Fsp3) is 0.207. The third kappa shape index (κ3) is 21.7. The van der Waals surface area contributed by atoms with Gasteiger partial charge in [-0.05, 0) is 127 Å². The molecule has 14 N–H and O–H groups in total. The summed E-state index contributed by atoms with van der Waals surface area (Å²) in [6.45, 7) is 0.0661. The SMILES string of the molecule is CN(C)C(=O)COC(=O)Cc1ccc(OC(=O)c2ccc(N=C(N)N)cc2)cc1.C[S+](Cc1cc2cc(c1)C(=O)CC[C@@H](CCN=C(N)N)C(=O)N2)c1ccccc1.NC(N)=Nc1ccc(C(=O)Oc2ccc(CC(=O)O)cc2)cc1. The van der Waals surface area contributed by atoms with Gasteiger partial charge in [0.2, 0.25) is 5.91 Å². The summed E-state index contributed by atoms with van der Waals surface area (Å²) < 4.78 is 15.4.